The van der Waals surface area contributed by atoms with Gasteiger partial charge in [0.2, 0.25) is 0 Å². The third-order valence-electron chi connectivity index (χ3n) is 3.04. The zero-order valence-corrected chi connectivity index (χ0v) is 10.6. The average molecular weight is 228 g/mol. The molecule has 2 rings (SSSR count). The van der Waals surface area contributed by atoms with E-state index in [-0.39, 0.29) is 0 Å². The highest BCUT2D eigenvalue weighted by Crippen LogP contribution is 2.26. The largest absolute Gasteiger partial charge is 0.282 e. The van der Waals surface area contributed by atoms with Crippen molar-refractivity contribution in [2.24, 2.45) is 5.92 Å². The van der Waals surface area contributed by atoms with E-state index in [1.165, 1.54) is 17.7 Å². The molecule has 2 heteroatoms. The standard InChI is InChI=1S/C15H20N2/c1-12(2)10-14(15-8-9-16-17-15)11-13-6-4-3-5-7-13/h3-9,12,14H,10-11H2,1-2H3,(H,16,17)/t14-/m0/s1. The summed E-state index contributed by atoms with van der Waals surface area (Å²) in [5.41, 5.74) is 2.65. The van der Waals surface area contributed by atoms with Gasteiger partial charge in [0, 0.05) is 17.8 Å². The number of nitrogens with one attached hydrogen (secondary N) is 1. The van der Waals surface area contributed by atoms with Crippen LogP contribution < -0.4 is 0 Å². The van der Waals surface area contributed by atoms with Gasteiger partial charge in [-0.2, -0.15) is 5.10 Å². The van der Waals surface area contributed by atoms with Gasteiger partial charge in [-0.3, -0.25) is 5.10 Å². The Morgan fingerprint density at radius 2 is 1.88 bits per heavy atom. The van der Waals surface area contributed by atoms with Crippen molar-refractivity contribution < 1.29 is 0 Å². The molecule has 1 heterocycles. The molecule has 0 saturated heterocycles. The Hall–Kier alpha value is -1.57. The topological polar surface area (TPSA) is 28.7 Å². The minimum atomic E-state index is 0.542. The van der Waals surface area contributed by atoms with Gasteiger partial charge in [-0.15, -0.1) is 0 Å². The average Bonchev–Trinajstić information content (AvgIpc) is 2.82. The Balaban J connectivity index is 2.11. The fourth-order valence-electron chi connectivity index (χ4n) is 2.28. The third kappa shape index (κ3) is 3.45. The number of aromatic amines is 1. The SMILES string of the molecule is CC(C)C[C@@H](Cc1ccccc1)c1ccn[nH]1. The smallest absolute Gasteiger partial charge is 0.0490 e. The molecule has 0 amide bonds. The summed E-state index contributed by atoms with van der Waals surface area (Å²) in [7, 11) is 0. The summed E-state index contributed by atoms with van der Waals surface area (Å²) in [6.45, 7) is 4.54. The van der Waals surface area contributed by atoms with E-state index in [1.807, 2.05) is 6.20 Å². The first-order chi connectivity index (χ1) is 8.25. The van der Waals surface area contributed by atoms with E-state index in [9.17, 15) is 0 Å². The van der Waals surface area contributed by atoms with E-state index >= 15 is 0 Å². The normalized spacial score (nSPS) is 12.9. The van der Waals surface area contributed by atoms with Crippen LogP contribution >= 0.6 is 0 Å². The molecular weight excluding hydrogens is 208 g/mol. The molecule has 1 N–H and O–H groups in total. The summed E-state index contributed by atoms with van der Waals surface area (Å²) >= 11 is 0. The van der Waals surface area contributed by atoms with E-state index in [0.717, 1.165) is 6.42 Å². The van der Waals surface area contributed by atoms with Crippen molar-refractivity contribution in [1.82, 2.24) is 10.2 Å². The highest BCUT2D eigenvalue weighted by molar-refractivity contribution is 5.19. The first-order valence-corrected chi connectivity index (χ1v) is 6.29. The minimum absolute atomic E-state index is 0.542. The lowest BCUT2D eigenvalue weighted by Gasteiger charge is -2.17. The summed E-state index contributed by atoms with van der Waals surface area (Å²) in [6.07, 6.45) is 4.12. The van der Waals surface area contributed by atoms with Crippen LogP contribution in [0.25, 0.3) is 0 Å². The van der Waals surface area contributed by atoms with Gasteiger partial charge in [0.1, 0.15) is 0 Å². The first kappa shape index (κ1) is 11.9. The Morgan fingerprint density at radius 3 is 2.47 bits per heavy atom. The van der Waals surface area contributed by atoms with Gasteiger partial charge < -0.3 is 0 Å². The molecule has 1 aromatic heterocycles. The Labute approximate surface area is 103 Å². The Morgan fingerprint density at radius 1 is 1.12 bits per heavy atom. The molecule has 0 radical (unpaired) electrons. The van der Waals surface area contributed by atoms with Gasteiger partial charge >= 0.3 is 0 Å². The molecule has 90 valence electrons. The highest BCUT2D eigenvalue weighted by Gasteiger charge is 2.15. The molecule has 0 spiro atoms. The zero-order chi connectivity index (χ0) is 12.1. The summed E-state index contributed by atoms with van der Waals surface area (Å²) in [4.78, 5) is 0. The number of hydrogen-bond donors (Lipinski definition) is 1. The quantitative estimate of drug-likeness (QED) is 0.829. The molecule has 0 saturated carbocycles. The van der Waals surface area contributed by atoms with Gasteiger partial charge in [0.05, 0.1) is 0 Å². The van der Waals surface area contributed by atoms with Gasteiger partial charge in [0.25, 0.3) is 0 Å². The van der Waals surface area contributed by atoms with Gasteiger partial charge in [-0.25, -0.2) is 0 Å². The van der Waals surface area contributed by atoms with Crippen molar-refractivity contribution in [2.75, 3.05) is 0 Å². The maximum absolute atomic E-state index is 4.07. The molecule has 0 fully saturated rings. The second kappa shape index (κ2) is 5.67. The molecule has 1 aromatic carbocycles. The van der Waals surface area contributed by atoms with Crippen molar-refractivity contribution >= 4 is 0 Å². The second-order valence-electron chi connectivity index (χ2n) is 5.03. The lowest BCUT2D eigenvalue weighted by atomic mass is 9.88. The lowest BCUT2D eigenvalue weighted by molar-refractivity contribution is 0.488. The molecule has 2 aromatic rings. The summed E-state index contributed by atoms with van der Waals surface area (Å²) in [5, 5.41) is 7.18. The van der Waals surface area contributed by atoms with E-state index < -0.39 is 0 Å². The summed E-state index contributed by atoms with van der Waals surface area (Å²) < 4.78 is 0. The van der Waals surface area contributed by atoms with Crippen molar-refractivity contribution in [3.05, 3.63) is 53.9 Å². The van der Waals surface area contributed by atoms with Crippen LogP contribution in [0.4, 0.5) is 0 Å². The number of hydrogen-bond acceptors (Lipinski definition) is 1. The Bertz CT molecular complexity index is 417. The molecule has 0 bridgehead atoms. The molecular formula is C15H20N2. The fraction of sp³-hybridized carbons (Fsp3) is 0.400. The van der Waals surface area contributed by atoms with Crippen molar-refractivity contribution in [3.8, 4) is 0 Å². The first-order valence-electron chi connectivity index (χ1n) is 6.29. The van der Waals surface area contributed by atoms with Crippen LogP contribution in [-0.2, 0) is 6.42 Å². The van der Waals surface area contributed by atoms with Crippen LogP contribution in [0.1, 0.15) is 37.4 Å². The van der Waals surface area contributed by atoms with E-state index in [1.54, 1.807) is 0 Å². The molecule has 2 nitrogen and oxygen atoms in total. The monoisotopic (exact) mass is 228 g/mol. The number of H-pyrrole nitrogens is 1. The third-order valence-corrected chi connectivity index (χ3v) is 3.04. The summed E-state index contributed by atoms with van der Waals surface area (Å²) in [5.74, 6) is 1.24. The molecule has 17 heavy (non-hydrogen) atoms. The van der Waals surface area contributed by atoms with Crippen LogP contribution in [0.2, 0.25) is 0 Å². The number of benzene rings is 1. The van der Waals surface area contributed by atoms with E-state index in [4.69, 9.17) is 0 Å². The van der Waals surface area contributed by atoms with Crippen LogP contribution in [0.3, 0.4) is 0 Å². The molecule has 1 atom stereocenters. The maximum Gasteiger partial charge on any atom is 0.0490 e. The van der Waals surface area contributed by atoms with E-state index in [0.29, 0.717) is 11.8 Å². The van der Waals surface area contributed by atoms with Crippen LogP contribution in [0.5, 0.6) is 0 Å². The molecule has 0 aliphatic carbocycles. The predicted molar refractivity (Wildman–Crippen MR) is 70.9 cm³/mol. The van der Waals surface area contributed by atoms with Crippen LogP contribution in [0, 0.1) is 5.92 Å². The molecule has 0 unspecified atom stereocenters. The number of rotatable bonds is 5. The van der Waals surface area contributed by atoms with Crippen LogP contribution in [0.15, 0.2) is 42.6 Å². The van der Waals surface area contributed by atoms with Gasteiger partial charge in [-0.05, 0) is 30.4 Å². The minimum Gasteiger partial charge on any atom is -0.282 e. The Kier molecular flexibility index (Phi) is 3.97. The fourth-order valence-corrected chi connectivity index (χ4v) is 2.28. The van der Waals surface area contributed by atoms with Crippen molar-refractivity contribution in [3.63, 3.8) is 0 Å². The van der Waals surface area contributed by atoms with Gasteiger partial charge in [0.15, 0.2) is 0 Å². The van der Waals surface area contributed by atoms with Crippen LogP contribution in [-0.4, -0.2) is 10.2 Å². The van der Waals surface area contributed by atoms with Crippen molar-refractivity contribution in [2.45, 2.75) is 32.6 Å². The second-order valence-corrected chi connectivity index (χ2v) is 5.03. The maximum atomic E-state index is 4.07. The summed E-state index contributed by atoms with van der Waals surface area (Å²) in [6, 6.07) is 12.8. The predicted octanol–water partition coefficient (Wildman–Crippen LogP) is 3.78. The van der Waals surface area contributed by atoms with E-state index in [2.05, 4.69) is 60.4 Å². The molecule has 0 aliphatic rings. The number of nitrogens with zero attached hydrogens (tertiary/aromatic N) is 1. The van der Waals surface area contributed by atoms with Gasteiger partial charge in [-0.1, -0.05) is 44.2 Å². The lowest BCUT2D eigenvalue weighted by Crippen LogP contribution is -2.07. The zero-order valence-electron chi connectivity index (χ0n) is 10.6. The highest BCUT2D eigenvalue weighted by atomic mass is 15.1. The number of aromatic nitrogens is 2. The van der Waals surface area contributed by atoms with Crippen molar-refractivity contribution in [1.29, 1.82) is 0 Å². The molecule has 0 aliphatic heterocycles.